The molecule has 1 aliphatic rings. The first-order chi connectivity index (χ1) is 13.1. The summed E-state index contributed by atoms with van der Waals surface area (Å²) in [7, 11) is 0. The predicted octanol–water partition coefficient (Wildman–Crippen LogP) is 3.76. The van der Waals surface area contributed by atoms with Gasteiger partial charge in [-0.3, -0.25) is 19.3 Å². The van der Waals surface area contributed by atoms with E-state index in [0.717, 1.165) is 9.80 Å². The van der Waals surface area contributed by atoms with E-state index < -0.39 is 17.9 Å². The van der Waals surface area contributed by atoms with E-state index in [4.69, 9.17) is 0 Å². The van der Waals surface area contributed by atoms with Crippen LogP contribution in [-0.4, -0.2) is 46.9 Å². The van der Waals surface area contributed by atoms with Crippen LogP contribution in [0.2, 0.25) is 0 Å². The molecule has 1 aliphatic heterocycles. The second kappa shape index (κ2) is 8.63. The van der Waals surface area contributed by atoms with Gasteiger partial charge in [0.2, 0.25) is 5.91 Å². The van der Waals surface area contributed by atoms with Crippen molar-refractivity contribution in [3.05, 3.63) is 59.7 Å². The number of imide groups is 1. The highest BCUT2D eigenvalue weighted by atomic mass is 32.2. The molecule has 7 heteroatoms. The fraction of sp³-hybridized carbons (Fsp3) is 0.250. The fourth-order valence-corrected chi connectivity index (χ4v) is 3.94. The van der Waals surface area contributed by atoms with Gasteiger partial charge < -0.3 is 5.32 Å². The number of carbonyl (C=O) groups is 3. The third-order valence-corrected chi connectivity index (χ3v) is 5.74. The van der Waals surface area contributed by atoms with Crippen LogP contribution in [0.15, 0.2) is 53.4 Å². The lowest BCUT2D eigenvalue weighted by Gasteiger charge is -2.25. The van der Waals surface area contributed by atoms with Gasteiger partial charge in [0.05, 0.1) is 11.1 Å². The highest BCUT2D eigenvalue weighted by molar-refractivity contribution is 7.98. The summed E-state index contributed by atoms with van der Waals surface area (Å²) in [5.41, 5.74) is 1.36. The van der Waals surface area contributed by atoms with E-state index in [0.29, 0.717) is 29.0 Å². The molecule has 0 saturated heterocycles. The van der Waals surface area contributed by atoms with Crippen molar-refractivity contribution < 1.29 is 14.4 Å². The first-order valence-corrected chi connectivity index (χ1v) is 11.1. The van der Waals surface area contributed by atoms with Gasteiger partial charge in [0.1, 0.15) is 6.04 Å². The van der Waals surface area contributed by atoms with Crippen molar-refractivity contribution in [2.45, 2.75) is 17.4 Å². The Hall–Kier alpha value is -2.25. The average molecular weight is 401 g/mol. The van der Waals surface area contributed by atoms with Crippen LogP contribution in [0.3, 0.4) is 0 Å². The number of hydrogen-bond acceptors (Lipinski definition) is 5. The Balaban J connectivity index is 1.86. The van der Waals surface area contributed by atoms with Gasteiger partial charge in [0, 0.05) is 10.6 Å². The summed E-state index contributed by atoms with van der Waals surface area (Å²) in [5.74, 6) is -0.502. The van der Waals surface area contributed by atoms with E-state index in [-0.39, 0.29) is 5.91 Å². The van der Waals surface area contributed by atoms with Crippen molar-refractivity contribution in [2.75, 3.05) is 23.6 Å². The van der Waals surface area contributed by atoms with Gasteiger partial charge in [-0.15, -0.1) is 11.8 Å². The first-order valence-electron chi connectivity index (χ1n) is 8.47. The minimum atomic E-state index is -0.845. The molecule has 3 rings (SSSR count). The number of amides is 3. The molecule has 5 nitrogen and oxygen atoms in total. The summed E-state index contributed by atoms with van der Waals surface area (Å²) in [6.07, 6.45) is 4.29. The monoisotopic (exact) mass is 400 g/mol. The summed E-state index contributed by atoms with van der Waals surface area (Å²) in [5, 5.41) is 2.86. The Morgan fingerprint density at radius 1 is 1.04 bits per heavy atom. The molecule has 2 aromatic rings. The van der Waals surface area contributed by atoms with Crippen LogP contribution in [-0.2, 0) is 4.79 Å². The van der Waals surface area contributed by atoms with Crippen LogP contribution >= 0.6 is 23.5 Å². The predicted molar refractivity (Wildman–Crippen MR) is 111 cm³/mol. The van der Waals surface area contributed by atoms with E-state index >= 15 is 0 Å². The van der Waals surface area contributed by atoms with Gasteiger partial charge in [0.15, 0.2) is 0 Å². The summed E-state index contributed by atoms with van der Waals surface area (Å²) in [6, 6.07) is 13.3. The van der Waals surface area contributed by atoms with Gasteiger partial charge >= 0.3 is 0 Å². The third kappa shape index (κ3) is 4.04. The number of nitrogens with one attached hydrogen (secondary N) is 1. The van der Waals surface area contributed by atoms with Crippen LogP contribution < -0.4 is 5.32 Å². The van der Waals surface area contributed by atoms with Gasteiger partial charge in [-0.05, 0) is 55.0 Å². The molecule has 0 radical (unpaired) electrons. The van der Waals surface area contributed by atoms with Gasteiger partial charge in [-0.25, -0.2) is 0 Å². The van der Waals surface area contributed by atoms with Crippen molar-refractivity contribution in [1.82, 2.24) is 4.90 Å². The molecule has 0 spiro atoms. The number of thioether (sulfide) groups is 2. The molecule has 0 unspecified atom stereocenters. The average Bonchev–Trinajstić information content (AvgIpc) is 2.94. The van der Waals surface area contributed by atoms with E-state index in [1.165, 1.54) is 0 Å². The molecule has 1 heterocycles. The van der Waals surface area contributed by atoms with Crippen LogP contribution in [0, 0.1) is 0 Å². The lowest BCUT2D eigenvalue weighted by molar-refractivity contribution is -0.120. The lowest BCUT2D eigenvalue weighted by atomic mass is 10.1. The Bertz CT molecular complexity index is 850. The quantitative estimate of drug-likeness (QED) is 0.566. The Labute approximate surface area is 166 Å². The SMILES string of the molecule is CSCC[C@H](C(=O)Nc1cccc(SC)c1)N1C(=O)c2ccccc2C1=O. The molecule has 0 bridgehead atoms. The molecule has 27 heavy (non-hydrogen) atoms. The van der Waals surface area contributed by atoms with Crippen molar-refractivity contribution in [2.24, 2.45) is 0 Å². The zero-order valence-electron chi connectivity index (χ0n) is 15.1. The summed E-state index contributed by atoms with van der Waals surface area (Å²) >= 11 is 3.15. The third-order valence-electron chi connectivity index (χ3n) is 4.37. The minimum absolute atomic E-state index is 0.350. The van der Waals surface area contributed by atoms with Gasteiger partial charge in [-0.2, -0.15) is 11.8 Å². The first kappa shape index (κ1) is 19.5. The number of anilines is 1. The molecule has 0 aromatic heterocycles. The van der Waals surface area contributed by atoms with Gasteiger partial charge in [0.25, 0.3) is 11.8 Å². The normalized spacial score (nSPS) is 14.2. The summed E-state index contributed by atoms with van der Waals surface area (Å²) in [6.45, 7) is 0. The highest BCUT2D eigenvalue weighted by Crippen LogP contribution is 2.27. The Morgan fingerprint density at radius 3 is 2.30 bits per heavy atom. The smallest absolute Gasteiger partial charge is 0.262 e. The Kier molecular flexibility index (Phi) is 6.23. The zero-order valence-corrected chi connectivity index (χ0v) is 16.7. The maximum Gasteiger partial charge on any atom is 0.262 e. The summed E-state index contributed by atoms with van der Waals surface area (Å²) < 4.78 is 0. The lowest BCUT2D eigenvalue weighted by Crippen LogP contribution is -2.47. The van der Waals surface area contributed by atoms with E-state index in [2.05, 4.69) is 5.32 Å². The second-order valence-electron chi connectivity index (χ2n) is 6.04. The number of rotatable bonds is 7. The molecular weight excluding hydrogens is 380 g/mol. The number of fused-ring (bicyclic) bond motifs is 1. The second-order valence-corrected chi connectivity index (χ2v) is 7.91. The molecule has 0 fully saturated rings. The number of carbonyl (C=O) groups excluding carboxylic acids is 3. The molecule has 0 aliphatic carbocycles. The van der Waals surface area contributed by atoms with E-state index in [1.54, 1.807) is 53.9 Å². The maximum absolute atomic E-state index is 13.0. The molecule has 0 saturated carbocycles. The van der Waals surface area contributed by atoms with Crippen LogP contribution in [0.1, 0.15) is 27.1 Å². The van der Waals surface area contributed by atoms with Crippen LogP contribution in [0.25, 0.3) is 0 Å². The number of benzene rings is 2. The highest BCUT2D eigenvalue weighted by Gasteiger charge is 2.42. The molecule has 1 atom stereocenters. The van der Waals surface area contributed by atoms with E-state index in [9.17, 15) is 14.4 Å². The standard InChI is InChI=1S/C20H20N2O3S2/c1-26-11-10-17(18(23)21-13-6-5-7-14(12-13)27-2)22-19(24)15-8-3-4-9-16(15)20(22)25/h3-9,12,17H,10-11H2,1-2H3,(H,21,23)/t17-/m1/s1. The summed E-state index contributed by atoms with van der Waals surface area (Å²) in [4.78, 5) is 40.7. The van der Waals surface area contributed by atoms with Crippen molar-refractivity contribution >= 4 is 46.9 Å². The molecule has 1 N–H and O–H groups in total. The minimum Gasteiger partial charge on any atom is -0.324 e. The fourth-order valence-electron chi connectivity index (χ4n) is 3.02. The zero-order chi connectivity index (χ0) is 19.4. The van der Waals surface area contributed by atoms with Gasteiger partial charge in [-0.1, -0.05) is 18.2 Å². The van der Waals surface area contributed by atoms with E-state index in [1.807, 2.05) is 30.7 Å². The molecule has 2 aromatic carbocycles. The maximum atomic E-state index is 13.0. The number of hydrogen-bond donors (Lipinski definition) is 1. The Morgan fingerprint density at radius 2 is 1.70 bits per heavy atom. The van der Waals surface area contributed by atoms with Crippen molar-refractivity contribution in [1.29, 1.82) is 0 Å². The molecule has 140 valence electrons. The van der Waals surface area contributed by atoms with Crippen LogP contribution in [0.5, 0.6) is 0 Å². The molecular formula is C20H20N2O3S2. The van der Waals surface area contributed by atoms with Crippen molar-refractivity contribution in [3.63, 3.8) is 0 Å². The van der Waals surface area contributed by atoms with Crippen molar-refractivity contribution in [3.8, 4) is 0 Å². The molecule has 3 amide bonds. The van der Waals surface area contributed by atoms with Crippen LogP contribution in [0.4, 0.5) is 5.69 Å². The largest absolute Gasteiger partial charge is 0.324 e. The topological polar surface area (TPSA) is 66.5 Å². The number of nitrogens with zero attached hydrogens (tertiary/aromatic N) is 1.